The maximum atomic E-state index is 13.7. The summed E-state index contributed by atoms with van der Waals surface area (Å²) >= 11 is 0.983. The van der Waals surface area contributed by atoms with Gasteiger partial charge in [0.15, 0.2) is 0 Å². The smallest absolute Gasteiger partial charge is 0.314 e. The Balaban J connectivity index is 2.53. The SMILES string of the molecule is CSc1c(F)cc(C2(C(=O)O)CCCC2)cc1F. The van der Waals surface area contributed by atoms with E-state index in [1.165, 1.54) is 12.1 Å². The second-order valence-electron chi connectivity index (χ2n) is 4.57. The number of rotatable bonds is 3. The van der Waals surface area contributed by atoms with Crippen LogP contribution in [0.15, 0.2) is 17.0 Å². The molecule has 0 spiro atoms. The standard InChI is InChI=1S/C13H14F2O2S/c1-18-11-9(14)6-8(7-10(11)15)13(12(16)17)4-2-3-5-13/h6-7H,2-5H2,1H3,(H,16,17). The molecule has 1 aliphatic carbocycles. The van der Waals surface area contributed by atoms with Crippen LogP contribution in [0.4, 0.5) is 8.78 Å². The lowest BCUT2D eigenvalue weighted by molar-refractivity contribution is -0.143. The summed E-state index contributed by atoms with van der Waals surface area (Å²) in [5.74, 6) is -2.34. The number of hydrogen-bond acceptors (Lipinski definition) is 2. The fraction of sp³-hybridized carbons (Fsp3) is 0.462. The van der Waals surface area contributed by atoms with Crippen molar-refractivity contribution in [2.45, 2.75) is 36.0 Å². The molecule has 1 aromatic carbocycles. The summed E-state index contributed by atoms with van der Waals surface area (Å²) in [7, 11) is 0. The van der Waals surface area contributed by atoms with Gasteiger partial charge in [-0.25, -0.2) is 8.78 Å². The largest absolute Gasteiger partial charge is 0.481 e. The van der Waals surface area contributed by atoms with Crippen molar-refractivity contribution >= 4 is 17.7 Å². The fourth-order valence-electron chi connectivity index (χ4n) is 2.64. The van der Waals surface area contributed by atoms with Gasteiger partial charge >= 0.3 is 5.97 Å². The number of carbonyl (C=O) groups is 1. The Hall–Kier alpha value is -1.10. The topological polar surface area (TPSA) is 37.3 Å². The summed E-state index contributed by atoms with van der Waals surface area (Å²) in [5.41, 5.74) is -0.862. The Bertz CT molecular complexity index is 459. The minimum Gasteiger partial charge on any atom is -0.481 e. The van der Waals surface area contributed by atoms with Gasteiger partial charge < -0.3 is 5.11 Å². The van der Waals surface area contributed by atoms with E-state index in [9.17, 15) is 18.7 Å². The van der Waals surface area contributed by atoms with Crippen molar-refractivity contribution in [3.05, 3.63) is 29.3 Å². The number of aliphatic carboxylic acids is 1. The summed E-state index contributed by atoms with van der Waals surface area (Å²) in [6.45, 7) is 0. The van der Waals surface area contributed by atoms with Gasteiger partial charge in [-0.3, -0.25) is 4.79 Å². The van der Waals surface area contributed by atoms with Crippen LogP contribution in [-0.2, 0) is 10.2 Å². The van der Waals surface area contributed by atoms with E-state index in [-0.39, 0.29) is 10.5 Å². The van der Waals surface area contributed by atoms with Crippen molar-refractivity contribution in [1.29, 1.82) is 0 Å². The third-order valence-electron chi connectivity index (χ3n) is 3.62. The molecule has 0 heterocycles. The van der Waals surface area contributed by atoms with E-state index in [4.69, 9.17) is 0 Å². The van der Waals surface area contributed by atoms with Crippen molar-refractivity contribution in [2.24, 2.45) is 0 Å². The third-order valence-corrected chi connectivity index (χ3v) is 4.42. The van der Waals surface area contributed by atoms with Crippen molar-refractivity contribution < 1.29 is 18.7 Å². The molecule has 0 aromatic heterocycles. The molecule has 18 heavy (non-hydrogen) atoms. The van der Waals surface area contributed by atoms with Gasteiger partial charge in [0.05, 0.1) is 10.3 Å². The van der Waals surface area contributed by atoms with Crippen LogP contribution in [0, 0.1) is 11.6 Å². The molecule has 0 aliphatic heterocycles. The molecule has 98 valence electrons. The normalized spacial score (nSPS) is 17.9. The highest BCUT2D eigenvalue weighted by Crippen LogP contribution is 2.42. The van der Waals surface area contributed by atoms with Crippen molar-refractivity contribution in [3.8, 4) is 0 Å². The molecule has 0 amide bonds. The zero-order chi connectivity index (χ0) is 13.3. The van der Waals surface area contributed by atoms with Crippen LogP contribution in [0.5, 0.6) is 0 Å². The van der Waals surface area contributed by atoms with Crippen LogP contribution >= 0.6 is 11.8 Å². The molecule has 1 N–H and O–H groups in total. The number of carboxylic acid groups (broad SMARTS) is 1. The quantitative estimate of drug-likeness (QED) is 0.854. The second-order valence-corrected chi connectivity index (χ2v) is 5.38. The lowest BCUT2D eigenvalue weighted by Crippen LogP contribution is -2.32. The molecule has 2 nitrogen and oxygen atoms in total. The first-order valence-corrected chi connectivity index (χ1v) is 7.00. The Labute approximate surface area is 108 Å². The van der Waals surface area contributed by atoms with Gasteiger partial charge in [-0.1, -0.05) is 12.8 Å². The summed E-state index contributed by atoms with van der Waals surface area (Å²) in [5, 5.41) is 9.38. The maximum absolute atomic E-state index is 13.7. The molecule has 2 rings (SSSR count). The van der Waals surface area contributed by atoms with Crippen LogP contribution in [0.2, 0.25) is 0 Å². The Kier molecular flexibility index (Phi) is 3.61. The van der Waals surface area contributed by atoms with E-state index in [1.54, 1.807) is 6.26 Å². The molecule has 5 heteroatoms. The van der Waals surface area contributed by atoms with Crippen LogP contribution in [-0.4, -0.2) is 17.3 Å². The van der Waals surface area contributed by atoms with Gasteiger partial charge in [0.1, 0.15) is 11.6 Å². The van der Waals surface area contributed by atoms with E-state index < -0.39 is 23.0 Å². The summed E-state index contributed by atoms with van der Waals surface area (Å²) < 4.78 is 27.5. The summed E-state index contributed by atoms with van der Waals surface area (Å²) in [6.07, 6.45) is 4.03. The third kappa shape index (κ3) is 2.00. The Morgan fingerprint density at radius 3 is 2.17 bits per heavy atom. The minimum absolute atomic E-state index is 0.0581. The number of hydrogen-bond donors (Lipinski definition) is 1. The first kappa shape index (κ1) is 13.3. The van der Waals surface area contributed by atoms with E-state index in [0.29, 0.717) is 12.8 Å². The predicted molar refractivity (Wildman–Crippen MR) is 65.9 cm³/mol. The van der Waals surface area contributed by atoms with Crippen LogP contribution in [0.3, 0.4) is 0 Å². The number of thioether (sulfide) groups is 1. The predicted octanol–water partition coefficient (Wildman–Crippen LogP) is 3.58. The lowest BCUT2D eigenvalue weighted by atomic mass is 9.79. The van der Waals surface area contributed by atoms with E-state index >= 15 is 0 Å². The first-order valence-electron chi connectivity index (χ1n) is 5.78. The zero-order valence-corrected chi connectivity index (χ0v) is 10.8. The van der Waals surface area contributed by atoms with Crippen LogP contribution < -0.4 is 0 Å². The van der Waals surface area contributed by atoms with Gasteiger partial charge in [0, 0.05) is 0 Å². The molecule has 0 radical (unpaired) electrons. The van der Waals surface area contributed by atoms with Gasteiger partial charge in [0.2, 0.25) is 0 Å². The molecule has 0 atom stereocenters. The summed E-state index contributed by atoms with van der Waals surface area (Å²) in [4.78, 5) is 11.4. The highest BCUT2D eigenvalue weighted by molar-refractivity contribution is 7.98. The molecule has 0 bridgehead atoms. The Morgan fingerprint density at radius 1 is 1.28 bits per heavy atom. The van der Waals surface area contributed by atoms with E-state index in [1.807, 2.05) is 0 Å². The fourth-order valence-corrected chi connectivity index (χ4v) is 3.14. The average Bonchev–Trinajstić information content (AvgIpc) is 2.78. The van der Waals surface area contributed by atoms with Crippen LogP contribution in [0.1, 0.15) is 31.2 Å². The molecule has 0 saturated heterocycles. The van der Waals surface area contributed by atoms with Gasteiger partial charge in [0.25, 0.3) is 0 Å². The molecule has 1 aromatic rings. The van der Waals surface area contributed by atoms with E-state index in [2.05, 4.69) is 0 Å². The average molecular weight is 272 g/mol. The molecule has 1 fully saturated rings. The molecule has 1 saturated carbocycles. The molecular weight excluding hydrogens is 258 g/mol. The highest BCUT2D eigenvalue weighted by atomic mass is 32.2. The van der Waals surface area contributed by atoms with Crippen LogP contribution in [0.25, 0.3) is 0 Å². The van der Waals surface area contributed by atoms with Crippen molar-refractivity contribution in [2.75, 3.05) is 6.26 Å². The van der Waals surface area contributed by atoms with Crippen molar-refractivity contribution in [1.82, 2.24) is 0 Å². The molecular formula is C13H14F2O2S. The Morgan fingerprint density at radius 2 is 1.78 bits per heavy atom. The van der Waals surface area contributed by atoms with Crippen molar-refractivity contribution in [3.63, 3.8) is 0 Å². The van der Waals surface area contributed by atoms with Gasteiger partial charge in [-0.05, 0) is 36.8 Å². The first-order chi connectivity index (χ1) is 8.51. The van der Waals surface area contributed by atoms with Gasteiger partial charge in [-0.15, -0.1) is 11.8 Å². The molecule has 1 aliphatic rings. The lowest BCUT2D eigenvalue weighted by Gasteiger charge is -2.24. The zero-order valence-electron chi connectivity index (χ0n) is 10.0. The maximum Gasteiger partial charge on any atom is 0.314 e. The summed E-state index contributed by atoms with van der Waals surface area (Å²) in [6, 6.07) is 2.35. The number of carboxylic acids is 1. The van der Waals surface area contributed by atoms with Gasteiger partial charge in [-0.2, -0.15) is 0 Å². The van der Waals surface area contributed by atoms with E-state index in [0.717, 1.165) is 24.6 Å². The number of halogens is 2. The monoisotopic (exact) mass is 272 g/mol. The minimum atomic E-state index is -1.11. The highest BCUT2D eigenvalue weighted by Gasteiger charge is 2.43. The second kappa shape index (κ2) is 4.88. The molecule has 0 unspecified atom stereocenters. The number of benzene rings is 1.